The van der Waals surface area contributed by atoms with E-state index in [-0.39, 0.29) is 5.91 Å². The highest BCUT2D eigenvalue weighted by Gasteiger charge is 2.40. The lowest BCUT2D eigenvalue weighted by molar-refractivity contribution is 0.0923. The molecule has 4 heteroatoms. The zero-order valence-corrected chi connectivity index (χ0v) is 12.5. The summed E-state index contributed by atoms with van der Waals surface area (Å²) >= 11 is 6.13. The minimum Gasteiger partial charge on any atom is -0.492 e. The Labute approximate surface area is 124 Å². The Morgan fingerprint density at radius 2 is 2.25 bits per heavy atom. The number of benzene rings is 1. The van der Waals surface area contributed by atoms with E-state index in [0.717, 1.165) is 12.3 Å². The first-order chi connectivity index (χ1) is 9.67. The predicted molar refractivity (Wildman–Crippen MR) is 79.3 cm³/mol. The van der Waals surface area contributed by atoms with Crippen LogP contribution in [0.1, 0.15) is 43.0 Å². The molecule has 2 bridgehead atoms. The average molecular weight is 294 g/mol. The van der Waals surface area contributed by atoms with Crippen LogP contribution in [0.5, 0.6) is 5.75 Å². The molecule has 3 nitrogen and oxygen atoms in total. The number of hydrogen-bond acceptors (Lipinski definition) is 2. The Balaban J connectivity index is 1.66. The van der Waals surface area contributed by atoms with Crippen molar-refractivity contribution in [1.29, 1.82) is 0 Å². The van der Waals surface area contributed by atoms with Crippen molar-refractivity contribution in [3.63, 3.8) is 0 Å². The van der Waals surface area contributed by atoms with Crippen LogP contribution < -0.4 is 10.1 Å². The van der Waals surface area contributed by atoms with Gasteiger partial charge in [-0.2, -0.15) is 0 Å². The van der Waals surface area contributed by atoms with Crippen LogP contribution in [0.2, 0.25) is 5.02 Å². The molecule has 1 aromatic rings. The summed E-state index contributed by atoms with van der Waals surface area (Å²) in [5.41, 5.74) is 0.612. The number of ether oxygens (including phenoxy) is 1. The Hall–Kier alpha value is -1.22. The number of fused-ring (bicyclic) bond motifs is 2. The van der Waals surface area contributed by atoms with Crippen LogP contribution in [-0.2, 0) is 0 Å². The number of carbonyl (C=O) groups excluding carboxylic acids is 1. The summed E-state index contributed by atoms with van der Waals surface area (Å²) in [5.74, 6) is 2.12. The lowest BCUT2D eigenvalue weighted by Crippen LogP contribution is -2.38. The monoisotopic (exact) mass is 293 g/mol. The zero-order chi connectivity index (χ0) is 14.1. The lowest BCUT2D eigenvalue weighted by atomic mass is 9.95. The van der Waals surface area contributed by atoms with E-state index >= 15 is 0 Å². The number of halogens is 1. The van der Waals surface area contributed by atoms with Crippen molar-refractivity contribution in [1.82, 2.24) is 5.32 Å². The molecule has 0 radical (unpaired) electrons. The Morgan fingerprint density at radius 1 is 1.40 bits per heavy atom. The fourth-order valence-corrected chi connectivity index (χ4v) is 3.82. The van der Waals surface area contributed by atoms with E-state index in [9.17, 15) is 4.79 Å². The third-order valence-corrected chi connectivity index (χ3v) is 4.84. The van der Waals surface area contributed by atoms with E-state index in [1.54, 1.807) is 18.2 Å². The molecule has 20 heavy (non-hydrogen) atoms. The van der Waals surface area contributed by atoms with E-state index in [1.807, 2.05) is 6.92 Å². The van der Waals surface area contributed by atoms with Crippen molar-refractivity contribution < 1.29 is 9.53 Å². The molecular formula is C16H20ClNO2. The zero-order valence-electron chi connectivity index (χ0n) is 11.7. The normalized spacial score (nSPS) is 27.6. The highest BCUT2D eigenvalue weighted by Crippen LogP contribution is 2.44. The number of rotatable bonds is 4. The molecule has 0 aromatic heterocycles. The van der Waals surface area contributed by atoms with Gasteiger partial charge in [0.25, 0.3) is 5.91 Å². The van der Waals surface area contributed by atoms with Crippen LogP contribution in [0.4, 0.5) is 0 Å². The fourth-order valence-electron chi connectivity index (χ4n) is 3.59. The summed E-state index contributed by atoms with van der Waals surface area (Å²) in [6, 6.07) is 5.59. The quantitative estimate of drug-likeness (QED) is 0.920. The minimum absolute atomic E-state index is 0.0208. The molecule has 0 unspecified atom stereocenters. The number of carbonyl (C=O) groups is 1. The maximum absolute atomic E-state index is 12.3. The van der Waals surface area contributed by atoms with E-state index in [0.29, 0.717) is 34.9 Å². The first-order valence-electron chi connectivity index (χ1n) is 7.40. The third-order valence-electron chi connectivity index (χ3n) is 4.55. The molecule has 2 aliphatic carbocycles. The van der Waals surface area contributed by atoms with Gasteiger partial charge >= 0.3 is 0 Å². The van der Waals surface area contributed by atoms with Crippen LogP contribution in [-0.4, -0.2) is 18.6 Å². The first kappa shape index (κ1) is 13.7. The summed E-state index contributed by atoms with van der Waals surface area (Å²) in [6.45, 7) is 2.47. The van der Waals surface area contributed by atoms with Crippen molar-refractivity contribution in [2.45, 2.75) is 38.6 Å². The summed E-state index contributed by atoms with van der Waals surface area (Å²) in [4.78, 5) is 12.3. The van der Waals surface area contributed by atoms with Crippen LogP contribution in [0, 0.1) is 11.8 Å². The van der Waals surface area contributed by atoms with Crippen LogP contribution in [0.3, 0.4) is 0 Å². The summed E-state index contributed by atoms with van der Waals surface area (Å²) in [5, 5.41) is 3.66. The van der Waals surface area contributed by atoms with Gasteiger partial charge in [-0.15, -0.1) is 0 Å². The smallest absolute Gasteiger partial charge is 0.251 e. The van der Waals surface area contributed by atoms with Gasteiger partial charge in [0.1, 0.15) is 5.75 Å². The van der Waals surface area contributed by atoms with E-state index in [4.69, 9.17) is 16.3 Å². The second-order valence-corrected chi connectivity index (χ2v) is 6.24. The van der Waals surface area contributed by atoms with Crippen LogP contribution >= 0.6 is 11.6 Å². The molecule has 1 amide bonds. The van der Waals surface area contributed by atoms with Crippen LogP contribution in [0.15, 0.2) is 18.2 Å². The molecule has 2 fully saturated rings. The molecule has 2 aliphatic rings. The average Bonchev–Trinajstić information content (AvgIpc) is 3.03. The van der Waals surface area contributed by atoms with Gasteiger partial charge in [-0.25, -0.2) is 0 Å². The molecule has 0 aliphatic heterocycles. The van der Waals surface area contributed by atoms with Crippen molar-refractivity contribution in [3.05, 3.63) is 28.8 Å². The summed E-state index contributed by atoms with van der Waals surface area (Å²) in [6.07, 6.45) is 5.03. The van der Waals surface area contributed by atoms with Gasteiger partial charge in [0.05, 0.1) is 11.6 Å². The molecule has 3 atom stereocenters. The topological polar surface area (TPSA) is 38.3 Å². The SMILES string of the molecule is CCOc1ccc(C(=O)N[C@@H]2C[C@@H]3CC[C@@H]2C3)cc1Cl. The molecule has 1 N–H and O–H groups in total. The standard InChI is InChI=1S/C16H20ClNO2/c1-2-20-15-6-5-12(9-13(15)17)16(19)18-14-8-10-3-4-11(14)7-10/h5-6,9-11,14H,2-4,7-8H2,1H3,(H,18,19)/t10-,11-,14-/m1/s1. The Bertz CT molecular complexity index is 517. The lowest BCUT2D eigenvalue weighted by Gasteiger charge is -2.23. The first-order valence-corrected chi connectivity index (χ1v) is 7.78. The minimum atomic E-state index is -0.0208. The molecule has 3 rings (SSSR count). The fraction of sp³-hybridized carbons (Fsp3) is 0.562. The maximum atomic E-state index is 12.3. The van der Waals surface area contributed by atoms with E-state index in [1.165, 1.54) is 19.3 Å². The molecular weight excluding hydrogens is 274 g/mol. The van der Waals surface area contributed by atoms with Crippen LogP contribution in [0.25, 0.3) is 0 Å². The van der Waals surface area contributed by atoms with Crippen molar-refractivity contribution in [3.8, 4) is 5.75 Å². The van der Waals surface area contributed by atoms with Crippen molar-refractivity contribution in [2.75, 3.05) is 6.61 Å². The third kappa shape index (κ3) is 2.64. The molecule has 1 aromatic carbocycles. The highest BCUT2D eigenvalue weighted by atomic mass is 35.5. The number of amides is 1. The van der Waals surface area contributed by atoms with Crippen molar-refractivity contribution >= 4 is 17.5 Å². The van der Waals surface area contributed by atoms with Gasteiger partial charge < -0.3 is 10.1 Å². The second kappa shape index (κ2) is 5.65. The Kier molecular flexibility index (Phi) is 3.88. The highest BCUT2D eigenvalue weighted by molar-refractivity contribution is 6.32. The van der Waals surface area contributed by atoms with Gasteiger partial charge in [-0.05, 0) is 56.2 Å². The van der Waals surface area contributed by atoms with Gasteiger partial charge in [0.15, 0.2) is 0 Å². The molecule has 2 saturated carbocycles. The maximum Gasteiger partial charge on any atom is 0.251 e. The van der Waals surface area contributed by atoms with Gasteiger partial charge in [-0.3, -0.25) is 4.79 Å². The summed E-state index contributed by atoms with van der Waals surface area (Å²) < 4.78 is 5.38. The number of nitrogens with one attached hydrogen (secondary N) is 1. The molecule has 108 valence electrons. The van der Waals surface area contributed by atoms with Crippen molar-refractivity contribution in [2.24, 2.45) is 11.8 Å². The molecule has 0 spiro atoms. The van der Waals surface area contributed by atoms with Gasteiger partial charge in [0.2, 0.25) is 0 Å². The number of hydrogen-bond donors (Lipinski definition) is 1. The molecule has 0 saturated heterocycles. The largest absolute Gasteiger partial charge is 0.492 e. The van der Waals surface area contributed by atoms with E-state index in [2.05, 4.69) is 5.32 Å². The van der Waals surface area contributed by atoms with Gasteiger partial charge in [-0.1, -0.05) is 18.0 Å². The summed E-state index contributed by atoms with van der Waals surface area (Å²) in [7, 11) is 0. The second-order valence-electron chi connectivity index (χ2n) is 5.83. The Morgan fingerprint density at radius 3 is 2.85 bits per heavy atom. The van der Waals surface area contributed by atoms with E-state index < -0.39 is 0 Å². The van der Waals surface area contributed by atoms with Gasteiger partial charge in [0, 0.05) is 11.6 Å². The predicted octanol–water partition coefficient (Wildman–Crippen LogP) is 3.66. The molecule has 0 heterocycles.